The van der Waals surface area contributed by atoms with Gasteiger partial charge in [-0.05, 0) is 44.2 Å². The minimum atomic E-state index is -0.458. The fourth-order valence-corrected chi connectivity index (χ4v) is 2.68. The Bertz CT molecular complexity index is 805. The highest BCUT2D eigenvalue weighted by Crippen LogP contribution is 2.24. The predicted molar refractivity (Wildman–Crippen MR) is 105 cm³/mol. The Morgan fingerprint density at radius 1 is 1.27 bits per heavy atom. The van der Waals surface area contributed by atoms with Crippen LogP contribution < -0.4 is 15.1 Å². The van der Waals surface area contributed by atoms with Crippen LogP contribution in [0, 0.1) is 0 Å². The molecule has 0 fully saturated rings. The van der Waals surface area contributed by atoms with Gasteiger partial charge in [-0.25, -0.2) is 5.43 Å². The summed E-state index contributed by atoms with van der Waals surface area (Å²) < 4.78 is 5.15. The largest absolute Gasteiger partial charge is 0.507 e. The third-order valence-electron chi connectivity index (χ3n) is 3.92. The van der Waals surface area contributed by atoms with E-state index in [1.807, 2.05) is 6.07 Å². The Hall–Kier alpha value is -2.73. The van der Waals surface area contributed by atoms with E-state index in [-0.39, 0.29) is 11.3 Å². The molecule has 0 bridgehead atoms. The van der Waals surface area contributed by atoms with Crippen LogP contribution in [0.15, 0.2) is 41.5 Å². The van der Waals surface area contributed by atoms with Gasteiger partial charge in [0.25, 0.3) is 5.91 Å². The molecule has 138 valence electrons. The van der Waals surface area contributed by atoms with Crippen molar-refractivity contribution < 1.29 is 14.6 Å². The van der Waals surface area contributed by atoms with Gasteiger partial charge in [0.05, 0.1) is 18.9 Å². The Morgan fingerprint density at radius 2 is 2.00 bits per heavy atom. The van der Waals surface area contributed by atoms with Gasteiger partial charge in [-0.15, -0.1) is 0 Å². The van der Waals surface area contributed by atoms with Crippen molar-refractivity contribution in [2.24, 2.45) is 5.10 Å². The van der Waals surface area contributed by atoms with E-state index >= 15 is 0 Å². The number of anilines is 1. The van der Waals surface area contributed by atoms with Crippen molar-refractivity contribution in [3.8, 4) is 11.5 Å². The normalized spacial score (nSPS) is 10.8. The highest BCUT2D eigenvalue weighted by atomic mass is 35.5. The lowest BCUT2D eigenvalue weighted by molar-refractivity contribution is 0.0952. The third kappa shape index (κ3) is 4.67. The Morgan fingerprint density at radius 3 is 2.62 bits per heavy atom. The number of hydrazone groups is 1. The molecule has 0 radical (unpaired) electrons. The van der Waals surface area contributed by atoms with Crippen LogP contribution in [-0.2, 0) is 0 Å². The van der Waals surface area contributed by atoms with Crippen molar-refractivity contribution in [2.75, 3.05) is 25.1 Å². The first kappa shape index (κ1) is 19.6. The number of phenolic OH excluding ortho intramolecular Hbond substituents is 1. The lowest BCUT2D eigenvalue weighted by Crippen LogP contribution is -2.21. The molecule has 26 heavy (non-hydrogen) atoms. The van der Waals surface area contributed by atoms with Crippen molar-refractivity contribution in [1.82, 2.24) is 5.43 Å². The standard InChI is InChI=1S/C19H22ClN3O3/c1-4-23(5-2)15-8-6-13(17(24)11-15)12-21-22-19(25)16-10-14(20)7-9-18(16)26-3/h6-12,24H,4-5H2,1-3H3,(H,22,25). The van der Waals surface area contributed by atoms with Crippen LogP contribution in [0.2, 0.25) is 5.02 Å². The van der Waals surface area contributed by atoms with Gasteiger partial charge >= 0.3 is 0 Å². The molecule has 2 aromatic rings. The summed E-state index contributed by atoms with van der Waals surface area (Å²) in [5.74, 6) is 0.0288. The van der Waals surface area contributed by atoms with Crippen molar-refractivity contribution in [2.45, 2.75) is 13.8 Å². The van der Waals surface area contributed by atoms with Gasteiger partial charge in [-0.1, -0.05) is 11.6 Å². The van der Waals surface area contributed by atoms with Crippen molar-refractivity contribution >= 4 is 29.4 Å². The monoisotopic (exact) mass is 375 g/mol. The quantitative estimate of drug-likeness (QED) is 0.572. The molecule has 0 aromatic heterocycles. The molecular formula is C19H22ClN3O3. The molecule has 0 heterocycles. The molecular weight excluding hydrogens is 354 g/mol. The molecule has 2 N–H and O–H groups in total. The highest BCUT2D eigenvalue weighted by molar-refractivity contribution is 6.31. The number of halogens is 1. The summed E-state index contributed by atoms with van der Waals surface area (Å²) in [6, 6.07) is 10.1. The second-order valence-electron chi connectivity index (χ2n) is 5.46. The number of carbonyl (C=O) groups is 1. The molecule has 0 atom stereocenters. The second kappa shape index (κ2) is 9.10. The topological polar surface area (TPSA) is 74.2 Å². The first-order valence-electron chi connectivity index (χ1n) is 8.25. The number of phenols is 1. The summed E-state index contributed by atoms with van der Waals surface area (Å²) in [4.78, 5) is 14.4. The third-order valence-corrected chi connectivity index (χ3v) is 4.15. The summed E-state index contributed by atoms with van der Waals surface area (Å²) in [6.07, 6.45) is 1.39. The van der Waals surface area contributed by atoms with Crippen LogP contribution in [0.3, 0.4) is 0 Å². The van der Waals surface area contributed by atoms with E-state index in [4.69, 9.17) is 16.3 Å². The van der Waals surface area contributed by atoms with Gasteiger partial charge in [0.2, 0.25) is 0 Å². The van der Waals surface area contributed by atoms with Gasteiger partial charge in [0.15, 0.2) is 0 Å². The maximum Gasteiger partial charge on any atom is 0.275 e. The number of carbonyl (C=O) groups excluding carboxylic acids is 1. The summed E-state index contributed by atoms with van der Waals surface area (Å²) >= 11 is 5.92. The van der Waals surface area contributed by atoms with E-state index in [1.165, 1.54) is 19.4 Å². The molecule has 0 aliphatic rings. The maximum absolute atomic E-state index is 12.2. The molecule has 0 unspecified atom stereocenters. The Balaban J connectivity index is 2.11. The minimum absolute atomic E-state index is 0.0905. The number of hydrogen-bond acceptors (Lipinski definition) is 5. The Labute approximate surface area is 158 Å². The van der Waals surface area contributed by atoms with Crippen molar-refractivity contribution in [1.29, 1.82) is 0 Å². The number of ether oxygens (including phenoxy) is 1. The zero-order valence-electron chi connectivity index (χ0n) is 15.0. The fourth-order valence-electron chi connectivity index (χ4n) is 2.50. The van der Waals surface area contributed by atoms with E-state index in [1.54, 1.807) is 24.3 Å². The molecule has 2 aromatic carbocycles. The summed E-state index contributed by atoms with van der Waals surface area (Å²) in [6.45, 7) is 5.80. The maximum atomic E-state index is 12.2. The van der Waals surface area contributed by atoms with Gasteiger partial charge in [0, 0.05) is 35.4 Å². The number of aromatic hydroxyl groups is 1. The zero-order valence-corrected chi connectivity index (χ0v) is 15.7. The molecule has 2 rings (SSSR count). The van der Waals surface area contributed by atoms with Crippen LogP contribution in [0.5, 0.6) is 11.5 Å². The van der Waals surface area contributed by atoms with Crippen molar-refractivity contribution in [3.05, 3.63) is 52.5 Å². The molecule has 0 saturated carbocycles. The van der Waals surface area contributed by atoms with E-state index in [0.29, 0.717) is 16.3 Å². The number of nitrogens with zero attached hydrogens (tertiary/aromatic N) is 2. The van der Waals surface area contributed by atoms with E-state index in [0.717, 1.165) is 18.8 Å². The molecule has 6 nitrogen and oxygen atoms in total. The number of nitrogens with one attached hydrogen (secondary N) is 1. The molecule has 0 aliphatic carbocycles. The molecule has 7 heteroatoms. The highest BCUT2D eigenvalue weighted by Gasteiger charge is 2.12. The van der Waals surface area contributed by atoms with Gasteiger partial charge in [-0.3, -0.25) is 4.79 Å². The average molecular weight is 376 g/mol. The first-order valence-corrected chi connectivity index (χ1v) is 8.62. The van der Waals surface area contributed by atoms with Crippen molar-refractivity contribution in [3.63, 3.8) is 0 Å². The zero-order chi connectivity index (χ0) is 19.1. The molecule has 0 aliphatic heterocycles. The minimum Gasteiger partial charge on any atom is -0.507 e. The molecule has 0 spiro atoms. The number of amides is 1. The van der Waals surface area contributed by atoms with Crippen LogP contribution in [0.25, 0.3) is 0 Å². The number of hydrogen-bond donors (Lipinski definition) is 2. The fraction of sp³-hybridized carbons (Fsp3) is 0.263. The number of rotatable bonds is 7. The molecule has 0 saturated heterocycles. The number of benzene rings is 2. The smallest absolute Gasteiger partial charge is 0.275 e. The number of methoxy groups -OCH3 is 1. The average Bonchev–Trinajstić information content (AvgIpc) is 2.64. The predicted octanol–water partition coefficient (Wildman–Crippen LogP) is 3.66. The van der Waals surface area contributed by atoms with Gasteiger partial charge < -0.3 is 14.7 Å². The summed E-state index contributed by atoms with van der Waals surface area (Å²) in [5, 5.41) is 14.5. The first-order chi connectivity index (χ1) is 12.5. The summed E-state index contributed by atoms with van der Waals surface area (Å²) in [7, 11) is 1.47. The van der Waals surface area contributed by atoms with E-state index in [9.17, 15) is 9.90 Å². The van der Waals surface area contributed by atoms with Crippen LogP contribution in [0.4, 0.5) is 5.69 Å². The van der Waals surface area contributed by atoms with Gasteiger partial charge in [0.1, 0.15) is 11.5 Å². The van der Waals surface area contributed by atoms with Crippen LogP contribution in [0.1, 0.15) is 29.8 Å². The van der Waals surface area contributed by atoms with Gasteiger partial charge in [-0.2, -0.15) is 5.10 Å². The second-order valence-corrected chi connectivity index (χ2v) is 5.90. The van der Waals surface area contributed by atoms with Crippen LogP contribution >= 0.6 is 11.6 Å². The van der Waals surface area contributed by atoms with E-state index < -0.39 is 5.91 Å². The van der Waals surface area contributed by atoms with Crippen LogP contribution in [-0.4, -0.2) is 37.4 Å². The lowest BCUT2D eigenvalue weighted by atomic mass is 10.2. The van der Waals surface area contributed by atoms with E-state index in [2.05, 4.69) is 29.3 Å². The lowest BCUT2D eigenvalue weighted by Gasteiger charge is -2.21. The summed E-state index contributed by atoms with van der Waals surface area (Å²) in [5.41, 5.74) is 4.11. The molecule has 1 amide bonds. The SMILES string of the molecule is CCN(CC)c1ccc(C=NNC(=O)c2cc(Cl)ccc2OC)c(O)c1. The Kier molecular flexibility index (Phi) is 6.86.